The summed E-state index contributed by atoms with van der Waals surface area (Å²) in [6, 6.07) is 21.0. The Labute approximate surface area is 146 Å². The summed E-state index contributed by atoms with van der Waals surface area (Å²) in [6.07, 6.45) is 0. The molecular weight excluding hydrogens is 320 g/mol. The van der Waals surface area contributed by atoms with Crippen LogP contribution in [0, 0.1) is 6.92 Å². The first kappa shape index (κ1) is 16.3. The smallest absolute Gasteiger partial charge is 0.159 e. The van der Waals surface area contributed by atoms with E-state index in [0.717, 1.165) is 28.2 Å². The number of ether oxygens (including phenoxy) is 1. The quantitative estimate of drug-likeness (QED) is 0.522. The molecule has 0 amide bonds. The van der Waals surface area contributed by atoms with Gasteiger partial charge in [0.2, 0.25) is 0 Å². The zero-order valence-electron chi connectivity index (χ0n) is 13.5. The molecule has 0 aliphatic carbocycles. The van der Waals surface area contributed by atoms with E-state index in [-0.39, 0.29) is 5.78 Å². The molecule has 0 fully saturated rings. The van der Waals surface area contributed by atoms with Gasteiger partial charge in [-0.1, -0.05) is 41.9 Å². The lowest BCUT2D eigenvalue weighted by Crippen LogP contribution is -1.92. The second kappa shape index (κ2) is 6.90. The maximum Gasteiger partial charge on any atom is 0.159 e. The van der Waals surface area contributed by atoms with Gasteiger partial charge in [-0.15, -0.1) is 0 Å². The van der Waals surface area contributed by atoms with Crippen LogP contribution < -0.4 is 4.74 Å². The van der Waals surface area contributed by atoms with E-state index < -0.39 is 0 Å². The number of hydrogen-bond donors (Lipinski definition) is 0. The Kier molecular flexibility index (Phi) is 4.68. The van der Waals surface area contributed by atoms with E-state index in [1.54, 1.807) is 6.92 Å². The standard InChI is InChI=1S/C21H17ClO2/c1-14-12-19(22)8-11-21(14)24-20-9-6-16(7-10-20)18-5-3-4-17(13-18)15(2)23/h3-13H,1-2H3. The SMILES string of the molecule is CC(=O)c1cccc(-c2ccc(Oc3ccc(Cl)cc3C)cc2)c1. The summed E-state index contributed by atoms with van der Waals surface area (Å²) in [4.78, 5) is 11.5. The van der Waals surface area contributed by atoms with Gasteiger partial charge in [-0.05, 0) is 66.9 Å². The molecule has 0 bridgehead atoms. The van der Waals surface area contributed by atoms with E-state index in [1.165, 1.54) is 0 Å². The Morgan fingerprint density at radius 3 is 2.33 bits per heavy atom. The van der Waals surface area contributed by atoms with Crippen molar-refractivity contribution < 1.29 is 9.53 Å². The zero-order valence-corrected chi connectivity index (χ0v) is 14.3. The van der Waals surface area contributed by atoms with Crippen molar-refractivity contribution in [1.82, 2.24) is 0 Å². The molecule has 0 aromatic heterocycles. The first-order chi connectivity index (χ1) is 11.5. The molecular formula is C21H17ClO2. The molecule has 0 saturated heterocycles. The summed E-state index contributed by atoms with van der Waals surface area (Å²) in [5.41, 5.74) is 3.75. The molecule has 0 unspecified atom stereocenters. The van der Waals surface area contributed by atoms with Gasteiger partial charge in [-0.3, -0.25) is 4.79 Å². The third-order valence-electron chi connectivity index (χ3n) is 3.82. The highest BCUT2D eigenvalue weighted by Gasteiger charge is 2.05. The predicted molar refractivity (Wildman–Crippen MR) is 98.1 cm³/mol. The summed E-state index contributed by atoms with van der Waals surface area (Å²) >= 11 is 5.96. The van der Waals surface area contributed by atoms with Crippen LogP contribution in [0.1, 0.15) is 22.8 Å². The number of halogens is 1. The topological polar surface area (TPSA) is 26.3 Å². The predicted octanol–water partition coefficient (Wildman–Crippen LogP) is 6.31. The van der Waals surface area contributed by atoms with Crippen LogP contribution in [-0.4, -0.2) is 5.78 Å². The molecule has 3 aromatic rings. The lowest BCUT2D eigenvalue weighted by molar-refractivity contribution is 0.101. The van der Waals surface area contributed by atoms with Gasteiger partial charge in [0.25, 0.3) is 0 Å². The number of aryl methyl sites for hydroxylation is 1. The largest absolute Gasteiger partial charge is 0.457 e. The summed E-state index contributed by atoms with van der Waals surface area (Å²) in [5, 5.41) is 0.695. The highest BCUT2D eigenvalue weighted by molar-refractivity contribution is 6.30. The van der Waals surface area contributed by atoms with Crippen molar-refractivity contribution in [3.05, 3.63) is 82.9 Å². The van der Waals surface area contributed by atoms with Crippen molar-refractivity contribution >= 4 is 17.4 Å². The minimum absolute atomic E-state index is 0.0648. The van der Waals surface area contributed by atoms with Crippen LogP contribution in [0.4, 0.5) is 0 Å². The van der Waals surface area contributed by atoms with Crippen LogP contribution in [0.5, 0.6) is 11.5 Å². The van der Waals surface area contributed by atoms with Gasteiger partial charge in [-0.2, -0.15) is 0 Å². The fraction of sp³-hybridized carbons (Fsp3) is 0.0952. The summed E-state index contributed by atoms with van der Waals surface area (Å²) in [5.74, 6) is 1.60. The molecule has 0 spiro atoms. The van der Waals surface area contributed by atoms with E-state index in [0.29, 0.717) is 10.6 Å². The van der Waals surface area contributed by atoms with Gasteiger partial charge in [0, 0.05) is 10.6 Å². The number of ketones is 1. The van der Waals surface area contributed by atoms with Gasteiger partial charge in [0.15, 0.2) is 5.78 Å². The van der Waals surface area contributed by atoms with Crippen molar-refractivity contribution in [2.45, 2.75) is 13.8 Å². The minimum Gasteiger partial charge on any atom is -0.457 e. The maximum atomic E-state index is 11.5. The molecule has 0 heterocycles. The number of carbonyl (C=O) groups is 1. The highest BCUT2D eigenvalue weighted by atomic mass is 35.5. The van der Waals surface area contributed by atoms with Crippen LogP contribution in [0.2, 0.25) is 5.02 Å². The summed E-state index contributed by atoms with van der Waals surface area (Å²) in [7, 11) is 0. The Morgan fingerprint density at radius 1 is 0.917 bits per heavy atom. The van der Waals surface area contributed by atoms with Crippen molar-refractivity contribution in [3.8, 4) is 22.6 Å². The molecule has 3 rings (SSSR count). The minimum atomic E-state index is 0.0648. The molecule has 24 heavy (non-hydrogen) atoms. The third-order valence-corrected chi connectivity index (χ3v) is 4.06. The van der Waals surface area contributed by atoms with E-state index in [4.69, 9.17) is 16.3 Å². The van der Waals surface area contributed by atoms with Gasteiger partial charge in [0.1, 0.15) is 11.5 Å². The van der Waals surface area contributed by atoms with Gasteiger partial charge in [-0.25, -0.2) is 0 Å². The summed E-state index contributed by atoms with van der Waals surface area (Å²) < 4.78 is 5.90. The lowest BCUT2D eigenvalue weighted by atomic mass is 10.0. The molecule has 0 atom stereocenters. The van der Waals surface area contributed by atoms with Crippen molar-refractivity contribution in [2.75, 3.05) is 0 Å². The number of Topliss-reactive ketones (excluding diaryl/α,β-unsaturated/α-hetero) is 1. The molecule has 3 aromatic carbocycles. The first-order valence-corrected chi connectivity index (χ1v) is 8.06. The Hall–Kier alpha value is -2.58. The molecule has 120 valence electrons. The van der Waals surface area contributed by atoms with Crippen molar-refractivity contribution in [2.24, 2.45) is 0 Å². The van der Waals surface area contributed by atoms with E-state index >= 15 is 0 Å². The second-order valence-corrected chi connectivity index (χ2v) is 6.11. The average molecular weight is 337 g/mol. The number of rotatable bonds is 4. The number of carbonyl (C=O) groups excluding carboxylic acids is 1. The van der Waals surface area contributed by atoms with Gasteiger partial charge in [0.05, 0.1) is 0 Å². The number of benzene rings is 3. The number of hydrogen-bond acceptors (Lipinski definition) is 2. The Balaban J connectivity index is 1.83. The molecule has 0 radical (unpaired) electrons. The summed E-state index contributed by atoms with van der Waals surface area (Å²) in [6.45, 7) is 3.54. The van der Waals surface area contributed by atoms with Crippen LogP contribution in [0.3, 0.4) is 0 Å². The fourth-order valence-electron chi connectivity index (χ4n) is 2.49. The molecule has 3 heteroatoms. The van der Waals surface area contributed by atoms with Crippen LogP contribution >= 0.6 is 11.6 Å². The molecule has 0 aliphatic rings. The van der Waals surface area contributed by atoms with Crippen LogP contribution in [0.15, 0.2) is 66.7 Å². The lowest BCUT2D eigenvalue weighted by Gasteiger charge is -2.10. The van der Waals surface area contributed by atoms with Crippen LogP contribution in [0.25, 0.3) is 11.1 Å². The zero-order chi connectivity index (χ0) is 17.1. The van der Waals surface area contributed by atoms with Gasteiger partial charge < -0.3 is 4.74 Å². The van der Waals surface area contributed by atoms with E-state index in [9.17, 15) is 4.79 Å². The Morgan fingerprint density at radius 2 is 1.67 bits per heavy atom. The highest BCUT2D eigenvalue weighted by Crippen LogP contribution is 2.29. The van der Waals surface area contributed by atoms with Crippen molar-refractivity contribution in [3.63, 3.8) is 0 Å². The molecule has 0 aliphatic heterocycles. The monoisotopic (exact) mass is 336 g/mol. The van der Waals surface area contributed by atoms with E-state index in [2.05, 4.69) is 0 Å². The normalized spacial score (nSPS) is 10.5. The van der Waals surface area contributed by atoms with E-state index in [1.807, 2.05) is 73.7 Å². The molecule has 2 nitrogen and oxygen atoms in total. The molecule has 0 saturated carbocycles. The Bertz CT molecular complexity index is 883. The average Bonchev–Trinajstić information content (AvgIpc) is 2.58. The maximum absolute atomic E-state index is 11.5. The first-order valence-electron chi connectivity index (χ1n) is 7.68. The van der Waals surface area contributed by atoms with Gasteiger partial charge >= 0.3 is 0 Å². The van der Waals surface area contributed by atoms with Crippen molar-refractivity contribution in [1.29, 1.82) is 0 Å². The second-order valence-electron chi connectivity index (χ2n) is 5.67. The fourth-order valence-corrected chi connectivity index (χ4v) is 2.71. The van der Waals surface area contributed by atoms with Crippen LogP contribution in [-0.2, 0) is 0 Å². The third kappa shape index (κ3) is 3.66. The molecule has 0 N–H and O–H groups in total.